The Morgan fingerprint density at radius 1 is 1.16 bits per heavy atom. The number of hydrogen-bond acceptors (Lipinski definition) is 5. The van der Waals surface area contributed by atoms with Gasteiger partial charge in [0.1, 0.15) is 5.82 Å². The van der Waals surface area contributed by atoms with Gasteiger partial charge in [0.2, 0.25) is 5.91 Å². The Hall–Kier alpha value is -2.09. The maximum atomic E-state index is 12.6. The molecule has 1 aromatic rings. The monoisotopic (exact) mass is 350 g/mol. The highest BCUT2D eigenvalue weighted by atomic mass is 16.5. The van der Waals surface area contributed by atoms with Crippen molar-refractivity contribution in [3.8, 4) is 0 Å². The van der Waals surface area contributed by atoms with Gasteiger partial charge in [-0.3, -0.25) is 18.7 Å². The molecule has 1 N–H and O–H groups in total. The summed E-state index contributed by atoms with van der Waals surface area (Å²) in [6.07, 6.45) is 3.39. The summed E-state index contributed by atoms with van der Waals surface area (Å²) in [6, 6.07) is 1.66. The van der Waals surface area contributed by atoms with E-state index in [-0.39, 0.29) is 29.1 Å². The highest BCUT2D eigenvalue weighted by Gasteiger charge is 2.29. The van der Waals surface area contributed by atoms with Crippen molar-refractivity contribution in [1.29, 1.82) is 0 Å². The van der Waals surface area contributed by atoms with E-state index in [9.17, 15) is 14.4 Å². The van der Waals surface area contributed by atoms with Gasteiger partial charge in [0.25, 0.3) is 5.56 Å². The highest BCUT2D eigenvalue weighted by Crippen LogP contribution is 2.22. The summed E-state index contributed by atoms with van der Waals surface area (Å²) in [4.78, 5) is 38.7. The van der Waals surface area contributed by atoms with Gasteiger partial charge >= 0.3 is 5.69 Å². The number of carbonyl (C=O) groups excluding carboxylic acids is 1. The molecule has 0 aliphatic carbocycles. The van der Waals surface area contributed by atoms with Crippen LogP contribution in [-0.2, 0) is 23.6 Å². The number of hydrogen-bond donors (Lipinski definition) is 1. The number of piperidine rings is 1. The molecule has 1 amide bonds. The largest absolute Gasteiger partial charge is 0.381 e. The Morgan fingerprint density at radius 2 is 1.88 bits per heavy atom. The molecule has 0 aromatic carbocycles. The molecular weight excluding hydrogens is 324 g/mol. The van der Waals surface area contributed by atoms with Crippen LogP contribution in [0.1, 0.15) is 25.7 Å². The molecule has 0 radical (unpaired) electrons. The molecule has 1 atom stereocenters. The van der Waals surface area contributed by atoms with Crippen LogP contribution in [0.15, 0.2) is 15.7 Å². The summed E-state index contributed by atoms with van der Waals surface area (Å²) >= 11 is 0. The quantitative estimate of drug-likeness (QED) is 0.801. The van der Waals surface area contributed by atoms with Gasteiger partial charge in [0.05, 0.1) is 5.92 Å². The molecule has 25 heavy (non-hydrogen) atoms. The summed E-state index contributed by atoms with van der Waals surface area (Å²) in [5, 5.41) is 3.13. The number of ether oxygens (including phenoxy) is 1. The minimum absolute atomic E-state index is 0.0606. The lowest BCUT2D eigenvalue weighted by atomic mass is 9.96. The van der Waals surface area contributed by atoms with Crippen molar-refractivity contribution in [2.45, 2.75) is 31.7 Å². The van der Waals surface area contributed by atoms with E-state index < -0.39 is 0 Å². The smallest absolute Gasteiger partial charge is 0.332 e. The van der Waals surface area contributed by atoms with E-state index in [1.165, 1.54) is 17.7 Å². The topological polar surface area (TPSA) is 85.6 Å². The van der Waals surface area contributed by atoms with E-state index in [4.69, 9.17) is 4.74 Å². The fraction of sp³-hybridized carbons (Fsp3) is 0.706. The van der Waals surface area contributed by atoms with Crippen LogP contribution in [0.2, 0.25) is 0 Å². The van der Waals surface area contributed by atoms with Crippen LogP contribution in [0.3, 0.4) is 0 Å². The number of nitrogens with one attached hydrogen (secondary N) is 1. The first-order valence-electron chi connectivity index (χ1n) is 8.87. The van der Waals surface area contributed by atoms with Gasteiger partial charge in [-0.2, -0.15) is 0 Å². The average Bonchev–Trinajstić information content (AvgIpc) is 2.64. The Morgan fingerprint density at radius 3 is 2.60 bits per heavy atom. The number of amides is 1. The molecule has 0 saturated carbocycles. The van der Waals surface area contributed by atoms with Crippen molar-refractivity contribution in [3.63, 3.8) is 0 Å². The van der Waals surface area contributed by atoms with Gasteiger partial charge in [-0.05, 0) is 25.7 Å². The zero-order chi connectivity index (χ0) is 18.0. The van der Waals surface area contributed by atoms with Gasteiger partial charge in [-0.1, -0.05) is 0 Å². The zero-order valence-corrected chi connectivity index (χ0v) is 14.9. The van der Waals surface area contributed by atoms with Gasteiger partial charge in [0, 0.05) is 52.5 Å². The lowest BCUT2D eigenvalue weighted by Gasteiger charge is -2.35. The van der Waals surface area contributed by atoms with Crippen molar-refractivity contribution in [3.05, 3.63) is 26.9 Å². The maximum absolute atomic E-state index is 12.6. The van der Waals surface area contributed by atoms with Crippen LogP contribution in [0.5, 0.6) is 0 Å². The third kappa shape index (κ3) is 3.78. The van der Waals surface area contributed by atoms with Gasteiger partial charge in [-0.15, -0.1) is 0 Å². The second kappa shape index (κ2) is 7.43. The van der Waals surface area contributed by atoms with Crippen molar-refractivity contribution < 1.29 is 9.53 Å². The molecule has 8 nitrogen and oxygen atoms in total. The molecule has 8 heteroatoms. The van der Waals surface area contributed by atoms with Crippen LogP contribution >= 0.6 is 0 Å². The molecule has 138 valence electrons. The Balaban J connectivity index is 1.72. The third-order valence-corrected chi connectivity index (χ3v) is 5.18. The van der Waals surface area contributed by atoms with E-state index >= 15 is 0 Å². The van der Waals surface area contributed by atoms with Crippen LogP contribution in [0.25, 0.3) is 0 Å². The van der Waals surface area contributed by atoms with E-state index in [2.05, 4.69) is 5.32 Å². The molecule has 1 aromatic heterocycles. The molecule has 3 heterocycles. The van der Waals surface area contributed by atoms with Gasteiger partial charge in [-0.25, -0.2) is 4.79 Å². The fourth-order valence-electron chi connectivity index (χ4n) is 3.58. The highest BCUT2D eigenvalue weighted by molar-refractivity contribution is 5.79. The number of rotatable bonds is 3. The number of aromatic nitrogens is 2. The fourth-order valence-corrected chi connectivity index (χ4v) is 3.58. The number of carbonyl (C=O) groups is 1. The lowest BCUT2D eigenvalue weighted by Crippen LogP contribution is -2.49. The molecule has 1 unspecified atom stereocenters. The SMILES string of the molecule is Cn1c(N2CCCC(C(=O)NC3CCOCC3)C2)cc(=O)n(C)c1=O. The molecule has 0 spiro atoms. The first kappa shape index (κ1) is 17.7. The molecule has 3 rings (SSSR count). The predicted octanol–water partition coefficient (Wildman–Crippen LogP) is -0.404. The third-order valence-electron chi connectivity index (χ3n) is 5.18. The van der Waals surface area contributed by atoms with Gasteiger partial charge in [0.15, 0.2) is 0 Å². The van der Waals surface area contributed by atoms with Crippen molar-refractivity contribution in [2.75, 3.05) is 31.2 Å². The molecule has 2 saturated heterocycles. The van der Waals surface area contributed by atoms with E-state index in [0.717, 1.165) is 36.8 Å². The average molecular weight is 350 g/mol. The summed E-state index contributed by atoms with van der Waals surface area (Å²) in [5.74, 6) is 0.512. The van der Waals surface area contributed by atoms with E-state index in [1.807, 2.05) is 4.90 Å². The number of nitrogens with zero attached hydrogens (tertiary/aromatic N) is 3. The Bertz CT molecular complexity index is 748. The normalized spacial score (nSPS) is 22.0. The maximum Gasteiger partial charge on any atom is 0.332 e. The van der Waals surface area contributed by atoms with Crippen molar-refractivity contribution in [2.24, 2.45) is 20.0 Å². The molecular formula is C17H26N4O4. The van der Waals surface area contributed by atoms with Crippen molar-refractivity contribution >= 4 is 11.7 Å². The van der Waals surface area contributed by atoms with Crippen LogP contribution in [0, 0.1) is 5.92 Å². The standard InChI is InChI=1S/C17H26N4O4/c1-19-14(10-15(22)20(2)17(19)24)21-7-3-4-12(11-21)16(23)18-13-5-8-25-9-6-13/h10,12-13H,3-9,11H2,1-2H3,(H,18,23). The first-order valence-corrected chi connectivity index (χ1v) is 8.87. The number of anilines is 1. The van der Waals surface area contributed by atoms with E-state index in [0.29, 0.717) is 25.6 Å². The second-order valence-corrected chi connectivity index (χ2v) is 6.92. The molecule has 2 aliphatic heterocycles. The molecule has 2 fully saturated rings. The van der Waals surface area contributed by atoms with Gasteiger partial charge < -0.3 is 15.0 Å². The minimum Gasteiger partial charge on any atom is -0.381 e. The summed E-state index contributed by atoms with van der Waals surface area (Å²) in [5.41, 5.74) is -0.678. The Kier molecular flexibility index (Phi) is 5.27. The zero-order valence-electron chi connectivity index (χ0n) is 14.9. The van der Waals surface area contributed by atoms with Crippen LogP contribution in [0.4, 0.5) is 5.82 Å². The lowest BCUT2D eigenvalue weighted by molar-refractivity contribution is -0.126. The summed E-state index contributed by atoms with van der Waals surface area (Å²) in [7, 11) is 3.12. The summed E-state index contributed by atoms with van der Waals surface area (Å²) < 4.78 is 7.88. The Labute approximate surface area is 146 Å². The molecule has 0 bridgehead atoms. The van der Waals surface area contributed by atoms with Crippen LogP contribution in [-0.4, -0.2) is 47.4 Å². The predicted molar refractivity (Wildman–Crippen MR) is 93.8 cm³/mol. The minimum atomic E-state index is -0.351. The molecule has 2 aliphatic rings. The van der Waals surface area contributed by atoms with Crippen molar-refractivity contribution in [1.82, 2.24) is 14.5 Å². The van der Waals surface area contributed by atoms with E-state index in [1.54, 1.807) is 7.05 Å². The second-order valence-electron chi connectivity index (χ2n) is 6.92. The van der Waals surface area contributed by atoms with Crippen LogP contribution < -0.4 is 21.5 Å². The first-order chi connectivity index (χ1) is 12.0. The summed E-state index contributed by atoms with van der Waals surface area (Å²) in [6.45, 7) is 2.64.